The third kappa shape index (κ3) is 3.67. The Morgan fingerprint density at radius 1 is 0.676 bits per heavy atom. The van der Waals surface area contributed by atoms with E-state index in [9.17, 15) is 9.59 Å². The smallest absolute Gasteiger partial charge is 0.282 e. The zero-order valence-corrected chi connectivity index (χ0v) is 19.8. The average molecular weight is 447 g/mol. The SMILES string of the molecule is Cc1cc(C)cc(NC2=C(c3ccc(C)cc3C)C(=O)N(c3cccc4ccccc34)C2=O)c1. The first-order chi connectivity index (χ1) is 16.3. The first-order valence-electron chi connectivity index (χ1n) is 11.4. The first-order valence-corrected chi connectivity index (χ1v) is 11.4. The molecule has 4 aromatic rings. The van der Waals surface area contributed by atoms with Crippen molar-refractivity contribution in [2.75, 3.05) is 10.2 Å². The summed E-state index contributed by atoms with van der Waals surface area (Å²) in [6.07, 6.45) is 0. The van der Waals surface area contributed by atoms with Crippen molar-refractivity contribution in [1.29, 1.82) is 0 Å². The monoisotopic (exact) mass is 446 g/mol. The molecule has 0 spiro atoms. The van der Waals surface area contributed by atoms with Gasteiger partial charge in [-0.05, 0) is 73.5 Å². The molecule has 5 rings (SSSR count). The van der Waals surface area contributed by atoms with Crippen molar-refractivity contribution in [3.8, 4) is 0 Å². The Bertz CT molecular complexity index is 1490. The Morgan fingerprint density at radius 3 is 2.12 bits per heavy atom. The van der Waals surface area contributed by atoms with Crippen molar-refractivity contribution in [1.82, 2.24) is 0 Å². The van der Waals surface area contributed by atoms with E-state index in [2.05, 4.69) is 11.4 Å². The Hall–Kier alpha value is -4.18. The number of fused-ring (bicyclic) bond motifs is 1. The van der Waals surface area contributed by atoms with Crippen LogP contribution in [0.3, 0.4) is 0 Å². The van der Waals surface area contributed by atoms with E-state index in [0.717, 1.165) is 44.3 Å². The number of amides is 2. The number of nitrogens with one attached hydrogen (secondary N) is 1. The molecule has 1 aliphatic rings. The summed E-state index contributed by atoms with van der Waals surface area (Å²) in [6.45, 7) is 8.02. The van der Waals surface area contributed by atoms with Gasteiger partial charge in [-0.2, -0.15) is 0 Å². The fourth-order valence-electron chi connectivity index (χ4n) is 4.80. The lowest BCUT2D eigenvalue weighted by molar-refractivity contribution is -0.120. The molecule has 0 fully saturated rings. The average Bonchev–Trinajstić information content (AvgIpc) is 3.02. The molecule has 1 heterocycles. The molecule has 2 amide bonds. The highest BCUT2D eigenvalue weighted by Gasteiger charge is 2.41. The number of imide groups is 1. The second kappa shape index (κ2) is 8.31. The minimum atomic E-state index is -0.351. The van der Waals surface area contributed by atoms with Gasteiger partial charge >= 0.3 is 0 Å². The van der Waals surface area contributed by atoms with E-state index in [1.54, 1.807) is 0 Å². The highest BCUT2D eigenvalue weighted by Crippen LogP contribution is 2.38. The normalized spacial score (nSPS) is 13.8. The number of anilines is 2. The van der Waals surface area contributed by atoms with Gasteiger partial charge in [-0.15, -0.1) is 0 Å². The summed E-state index contributed by atoms with van der Waals surface area (Å²) in [5, 5.41) is 5.15. The summed E-state index contributed by atoms with van der Waals surface area (Å²) in [4.78, 5) is 29.1. The van der Waals surface area contributed by atoms with E-state index in [0.29, 0.717) is 17.0 Å². The van der Waals surface area contributed by atoms with Crippen LogP contribution in [0.4, 0.5) is 11.4 Å². The van der Waals surface area contributed by atoms with E-state index >= 15 is 0 Å². The van der Waals surface area contributed by atoms with Gasteiger partial charge in [-0.3, -0.25) is 9.59 Å². The van der Waals surface area contributed by atoms with E-state index < -0.39 is 0 Å². The number of benzene rings is 4. The number of aryl methyl sites for hydroxylation is 4. The van der Waals surface area contributed by atoms with Crippen LogP contribution in [0.5, 0.6) is 0 Å². The molecule has 1 N–H and O–H groups in total. The van der Waals surface area contributed by atoms with Crippen LogP contribution in [-0.4, -0.2) is 11.8 Å². The Balaban J connectivity index is 1.70. The third-order valence-electron chi connectivity index (χ3n) is 6.23. The Morgan fingerprint density at radius 2 is 1.38 bits per heavy atom. The quantitative estimate of drug-likeness (QED) is 0.366. The highest BCUT2D eigenvalue weighted by atomic mass is 16.2. The summed E-state index contributed by atoms with van der Waals surface area (Å²) in [5.41, 5.74) is 7.06. The molecule has 168 valence electrons. The maximum atomic E-state index is 13.9. The van der Waals surface area contributed by atoms with E-state index in [4.69, 9.17) is 0 Å². The highest BCUT2D eigenvalue weighted by molar-refractivity contribution is 6.47. The van der Waals surface area contributed by atoms with Crippen LogP contribution < -0.4 is 10.2 Å². The molecule has 0 saturated carbocycles. The number of hydrogen-bond acceptors (Lipinski definition) is 3. The molecule has 0 saturated heterocycles. The van der Waals surface area contributed by atoms with Crippen molar-refractivity contribution >= 4 is 39.5 Å². The topological polar surface area (TPSA) is 49.4 Å². The summed E-state index contributed by atoms with van der Waals surface area (Å²) < 4.78 is 0. The number of nitrogens with zero attached hydrogens (tertiary/aromatic N) is 1. The fraction of sp³-hybridized carbons (Fsp3) is 0.133. The van der Waals surface area contributed by atoms with Gasteiger partial charge in [-0.1, -0.05) is 66.2 Å². The number of rotatable bonds is 4. The molecule has 0 aliphatic carbocycles. The maximum Gasteiger partial charge on any atom is 0.282 e. The van der Waals surface area contributed by atoms with Crippen LogP contribution in [-0.2, 0) is 9.59 Å². The van der Waals surface area contributed by atoms with Crippen LogP contribution in [0.25, 0.3) is 16.3 Å². The van der Waals surface area contributed by atoms with Gasteiger partial charge in [0.25, 0.3) is 11.8 Å². The van der Waals surface area contributed by atoms with Crippen LogP contribution in [0.2, 0.25) is 0 Å². The Kier molecular flexibility index (Phi) is 5.29. The summed E-state index contributed by atoms with van der Waals surface area (Å²) >= 11 is 0. The lowest BCUT2D eigenvalue weighted by Crippen LogP contribution is -2.32. The van der Waals surface area contributed by atoms with E-state index in [1.165, 1.54) is 4.90 Å². The molecule has 0 unspecified atom stereocenters. The van der Waals surface area contributed by atoms with Crippen molar-refractivity contribution in [3.05, 3.63) is 112 Å². The van der Waals surface area contributed by atoms with Crippen molar-refractivity contribution < 1.29 is 9.59 Å². The van der Waals surface area contributed by atoms with E-state index in [-0.39, 0.29) is 11.8 Å². The minimum Gasteiger partial charge on any atom is -0.350 e. The van der Waals surface area contributed by atoms with Gasteiger partial charge in [0.1, 0.15) is 5.70 Å². The zero-order valence-electron chi connectivity index (χ0n) is 19.8. The lowest BCUT2D eigenvalue weighted by atomic mass is 9.97. The molecule has 4 aromatic carbocycles. The summed E-state index contributed by atoms with van der Waals surface area (Å²) in [7, 11) is 0. The molecular formula is C30H26N2O2. The Labute approximate surface area is 199 Å². The molecule has 1 aliphatic heterocycles. The molecule has 0 radical (unpaired) electrons. The summed E-state index contributed by atoms with van der Waals surface area (Å²) in [5.74, 6) is -0.671. The molecule has 4 heteroatoms. The second-order valence-corrected chi connectivity index (χ2v) is 9.01. The fourth-order valence-corrected chi connectivity index (χ4v) is 4.80. The first kappa shape index (κ1) is 21.7. The lowest BCUT2D eigenvalue weighted by Gasteiger charge is -2.18. The van der Waals surface area contributed by atoms with Crippen LogP contribution >= 0.6 is 0 Å². The van der Waals surface area contributed by atoms with Crippen molar-refractivity contribution in [2.45, 2.75) is 27.7 Å². The van der Waals surface area contributed by atoms with Gasteiger partial charge in [0.15, 0.2) is 0 Å². The molecule has 0 atom stereocenters. The molecule has 0 aromatic heterocycles. The van der Waals surface area contributed by atoms with Gasteiger partial charge in [0, 0.05) is 11.1 Å². The maximum absolute atomic E-state index is 13.9. The van der Waals surface area contributed by atoms with Gasteiger partial charge in [-0.25, -0.2) is 4.90 Å². The largest absolute Gasteiger partial charge is 0.350 e. The molecular weight excluding hydrogens is 420 g/mol. The predicted octanol–water partition coefficient (Wildman–Crippen LogP) is 6.47. The molecule has 0 bridgehead atoms. The van der Waals surface area contributed by atoms with Gasteiger partial charge in [0.05, 0.1) is 11.3 Å². The second-order valence-electron chi connectivity index (χ2n) is 9.01. The van der Waals surface area contributed by atoms with Crippen LogP contribution in [0, 0.1) is 27.7 Å². The summed E-state index contributed by atoms with van der Waals surface area (Å²) in [6, 6.07) is 25.5. The number of carbonyl (C=O) groups excluding carboxylic acids is 2. The van der Waals surface area contributed by atoms with Gasteiger partial charge < -0.3 is 5.32 Å². The predicted molar refractivity (Wildman–Crippen MR) is 139 cm³/mol. The minimum absolute atomic E-state index is 0.301. The van der Waals surface area contributed by atoms with Crippen LogP contribution in [0.1, 0.15) is 27.8 Å². The molecule has 34 heavy (non-hydrogen) atoms. The number of hydrogen-bond donors (Lipinski definition) is 1. The third-order valence-corrected chi connectivity index (χ3v) is 6.23. The number of carbonyl (C=O) groups is 2. The molecule has 4 nitrogen and oxygen atoms in total. The van der Waals surface area contributed by atoms with Crippen molar-refractivity contribution in [2.24, 2.45) is 0 Å². The van der Waals surface area contributed by atoms with Crippen molar-refractivity contribution in [3.63, 3.8) is 0 Å². The van der Waals surface area contributed by atoms with Gasteiger partial charge in [0.2, 0.25) is 0 Å². The zero-order chi connectivity index (χ0) is 24.0. The van der Waals surface area contributed by atoms with Crippen LogP contribution in [0.15, 0.2) is 84.6 Å². The van der Waals surface area contributed by atoms with E-state index in [1.807, 2.05) is 100 Å². The standard InChI is InChI=1S/C30H26N2O2/c1-18-12-13-24(21(4)15-18)27-28(31-23-16-19(2)14-20(3)17-23)30(34)32(29(27)33)26-11-7-9-22-8-5-6-10-25(22)26/h5-17,31H,1-4H3.